The van der Waals surface area contributed by atoms with Gasteiger partial charge in [-0.2, -0.15) is 0 Å². The minimum atomic E-state index is -0.185. The van der Waals surface area contributed by atoms with E-state index < -0.39 is 0 Å². The molecule has 0 aliphatic heterocycles. The molecule has 0 aromatic carbocycles. The third-order valence-corrected chi connectivity index (χ3v) is 5.47. The Labute approximate surface area is 165 Å². The van der Waals surface area contributed by atoms with E-state index in [4.69, 9.17) is 0 Å². The lowest BCUT2D eigenvalue weighted by Crippen LogP contribution is -2.27. The van der Waals surface area contributed by atoms with E-state index in [-0.39, 0.29) is 12.0 Å². The third-order valence-electron chi connectivity index (χ3n) is 5.47. The number of pyridine rings is 3. The first-order valence-corrected chi connectivity index (χ1v) is 9.76. The van der Waals surface area contributed by atoms with Crippen LogP contribution in [0, 0.1) is 11.8 Å². The Morgan fingerprint density at radius 1 is 0.964 bits per heavy atom. The van der Waals surface area contributed by atoms with Crippen LogP contribution in [0.5, 0.6) is 0 Å². The standard InChI is InChI=1S/C24H23N3O/c28-18-19-8-14-25-17-22(19)23-16-20(9-15-27-23)24(10-3-1-4-11-24)12-7-21-6-2-5-13-26-21/h2,5-6,8-9,13-17,28H,1,3-4,10-11,18H2. The second-order valence-electron chi connectivity index (χ2n) is 7.23. The maximum Gasteiger partial charge on any atom is 0.113 e. The van der Waals surface area contributed by atoms with Gasteiger partial charge in [-0.05, 0) is 60.2 Å². The summed E-state index contributed by atoms with van der Waals surface area (Å²) in [6.45, 7) is -0.0333. The van der Waals surface area contributed by atoms with Gasteiger partial charge in [0.2, 0.25) is 0 Å². The molecule has 4 heteroatoms. The lowest BCUT2D eigenvalue weighted by atomic mass is 9.70. The highest BCUT2D eigenvalue weighted by Gasteiger charge is 2.32. The fraction of sp³-hybridized carbons (Fsp3) is 0.292. The van der Waals surface area contributed by atoms with E-state index in [1.165, 1.54) is 24.8 Å². The molecule has 0 saturated heterocycles. The van der Waals surface area contributed by atoms with Gasteiger partial charge >= 0.3 is 0 Å². The molecular formula is C24H23N3O. The number of aromatic nitrogens is 3. The molecule has 0 radical (unpaired) electrons. The third kappa shape index (κ3) is 3.81. The summed E-state index contributed by atoms with van der Waals surface area (Å²) in [6, 6.07) is 11.9. The van der Waals surface area contributed by atoms with Crippen molar-refractivity contribution in [1.82, 2.24) is 15.0 Å². The number of aliphatic hydroxyl groups excluding tert-OH is 1. The van der Waals surface area contributed by atoms with Crippen molar-refractivity contribution >= 4 is 0 Å². The zero-order valence-electron chi connectivity index (χ0n) is 15.8. The van der Waals surface area contributed by atoms with E-state index in [1.807, 2.05) is 30.5 Å². The van der Waals surface area contributed by atoms with E-state index in [2.05, 4.69) is 38.9 Å². The number of hydrogen-bond donors (Lipinski definition) is 1. The van der Waals surface area contributed by atoms with Crippen molar-refractivity contribution in [2.45, 2.75) is 44.1 Å². The number of nitrogens with zero attached hydrogens (tertiary/aromatic N) is 3. The quantitative estimate of drug-likeness (QED) is 0.700. The van der Waals surface area contributed by atoms with E-state index in [9.17, 15) is 5.11 Å². The molecule has 0 amide bonds. The van der Waals surface area contributed by atoms with Crippen molar-refractivity contribution in [1.29, 1.82) is 0 Å². The molecule has 1 aliphatic rings. The van der Waals surface area contributed by atoms with Crippen LogP contribution in [0.2, 0.25) is 0 Å². The van der Waals surface area contributed by atoms with Crippen molar-refractivity contribution in [3.63, 3.8) is 0 Å². The molecule has 0 bridgehead atoms. The molecule has 1 aliphatic carbocycles. The molecule has 0 unspecified atom stereocenters. The highest BCUT2D eigenvalue weighted by atomic mass is 16.3. The largest absolute Gasteiger partial charge is 0.392 e. The Bertz CT molecular complexity index is 999. The van der Waals surface area contributed by atoms with Crippen LogP contribution in [0.25, 0.3) is 11.3 Å². The van der Waals surface area contributed by atoms with E-state index >= 15 is 0 Å². The van der Waals surface area contributed by atoms with Crippen LogP contribution in [0.15, 0.2) is 61.2 Å². The smallest absolute Gasteiger partial charge is 0.113 e. The molecule has 1 N–H and O–H groups in total. The summed E-state index contributed by atoms with van der Waals surface area (Å²) in [5.41, 5.74) is 4.34. The topological polar surface area (TPSA) is 58.9 Å². The fourth-order valence-electron chi connectivity index (χ4n) is 3.93. The van der Waals surface area contributed by atoms with Gasteiger partial charge < -0.3 is 5.11 Å². The van der Waals surface area contributed by atoms with E-state index in [0.717, 1.165) is 35.4 Å². The van der Waals surface area contributed by atoms with Crippen LogP contribution in [0.4, 0.5) is 0 Å². The van der Waals surface area contributed by atoms with Gasteiger partial charge in [-0.3, -0.25) is 9.97 Å². The van der Waals surface area contributed by atoms with Crippen LogP contribution < -0.4 is 0 Å². The van der Waals surface area contributed by atoms with Gasteiger partial charge in [0.05, 0.1) is 17.7 Å². The fourth-order valence-corrected chi connectivity index (χ4v) is 3.93. The SMILES string of the molecule is OCc1ccncc1-c1cc(C2(C#Cc3ccccn3)CCCCC2)ccn1. The monoisotopic (exact) mass is 369 g/mol. The van der Waals surface area contributed by atoms with Crippen LogP contribution in [0.1, 0.15) is 48.9 Å². The minimum absolute atomic E-state index is 0.0333. The van der Waals surface area contributed by atoms with Gasteiger partial charge in [0, 0.05) is 30.4 Å². The van der Waals surface area contributed by atoms with Gasteiger partial charge in [-0.25, -0.2) is 4.98 Å². The van der Waals surface area contributed by atoms with Crippen LogP contribution >= 0.6 is 0 Å². The van der Waals surface area contributed by atoms with Gasteiger partial charge in [-0.1, -0.05) is 31.2 Å². The van der Waals surface area contributed by atoms with Gasteiger partial charge in [0.1, 0.15) is 5.69 Å². The first-order chi connectivity index (χ1) is 13.8. The Balaban J connectivity index is 1.77. The van der Waals surface area contributed by atoms with Crippen LogP contribution in [0.3, 0.4) is 0 Å². The Morgan fingerprint density at radius 2 is 1.86 bits per heavy atom. The lowest BCUT2D eigenvalue weighted by molar-refractivity contribution is 0.282. The summed E-state index contributed by atoms with van der Waals surface area (Å²) < 4.78 is 0. The number of hydrogen-bond acceptors (Lipinski definition) is 4. The normalized spacial score (nSPS) is 15.5. The predicted octanol–water partition coefficient (Wildman–Crippen LogP) is 4.28. The maximum atomic E-state index is 9.67. The Morgan fingerprint density at radius 3 is 2.64 bits per heavy atom. The van der Waals surface area contributed by atoms with Gasteiger partial charge in [0.15, 0.2) is 0 Å². The summed E-state index contributed by atoms with van der Waals surface area (Å²) >= 11 is 0. The lowest BCUT2D eigenvalue weighted by Gasteiger charge is -2.33. The molecule has 0 atom stereocenters. The van der Waals surface area contributed by atoms with Crippen LogP contribution in [-0.4, -0.2) is 20.1 Å². The molecule has 4 nitrogen and oxygen atoms in total. The average Bonchev–Trinajstić information content (AvgIpc) is 2.79. The van der Waals surface area contributed by atoms with Crippen molar-refractivity contribution < 1.29 is 5.11 Å². The predicted molar refractivity (Wildman–Crippen MR) is 109 cm³/mol. The van der Waals surface area contributed by atoms with E-state index in [0.29, 0.717) is 0 Å². The summed E-state index contributed by atoms with van der Waals surface area (Å²) in [6.07, 6.45) is 12.8. The van der Waals surface area contributed by atoms with Crippen molar-refractivity contribution in [2.24, 2.45) is 0 Å². The molecular weight excluding hydrogens is 346 g/mol. The number of rotatable bonds is 3. The average molecular weight is 369 g/mol. The summed E-state index contributed by atoms with van der Waals surface area (Å²) in [4.78, 5) is 13.1. The van der Waals surface area contributed by atoms with Crippen molar-refractivity contribution in [3.05, 3.63) is 78.0 Å². The van der Waals surface area contributed by atoms with E-state index in [1.54, 1.807) is 18.6 Å². The number of aliphatic hydroxyl groups is 1. The molecule has 4 rings (SSSR count). The molecule has 140 valence electrons. The van der Waals surface area contributed by atoms with Crippen molar-refractivity contribution in [3.8, 4) is 23.1 Å². The Kier molecular flexibility index (Phi) is 5.45. The highest BCUT2D eigenvalue weighted by molar-refractivity contribution is 5.63. The Hall–Kier alpha value is -3.03. The first-order valence-electron chi connectivity index (χ1n) is 9.76. The van der Waals surface area contributed by atoms with Gasteiger partial charge in [0.25, 0.3) is 0 Å². The molecule has 3 aromatic rings. The zero-order chi connectivity index (χ0) is 19.2. The molecule has 28 heavy (non-hydrogen) atoms. The highest BCUT2D eigenvalue weighted by Crippen LogP contribution is 2.40. The van der Waals surface area contributed by atoms with Crippen molar-refractivity contribution in [2.75, 3.05) is 0 Å². The minimum Gasteiger partial charge on any atom is -0.392 e. The summed E-state index contributed by atoms with van der Waals surface area (Å²) in [7, 11) is 0. The molecule has 0 spiro atoms. The second kappa shape index (κ2) is 8.33. The van der Waals surface area contributed by atoms with Crippen LogP contribution in [-0.2, 0) is 12.0 Å². The molecule has 3 heterocycles. The molecule has 3 aromatic heterocycles. The summed E-state index contributed by atoms with van der Waals surface area (Å²) in [5, 5.41) is 9.67. The maximum absolute atomic E-state index is 9.67. The molecule has 1 saturated carbocycles. The first kappa shape index (κ1) is 18.3. The van der Waals surface area contributed by atoms with Gasteiger partial charge in [-0.15, -0.1) is 0 Å². The zero-order valence-corrected chi connectivity index (χ0v) is 15.8. The second-order valence-corrected chi connectivity index (χ2v) is 7.23. The molecule has 1 fully saturated rings. The summed E-state index contributed by atoms with van der Waals surface area (Å²) in [5.74, 6) is 6.87.